The molecular formula is C17H19N3O5. The number of Topliss-reactive ketones (excluding diaryl/α,β-unsaturated/α-hetero) is 1. The van der Waals surface area contributed by atoms with Crippen LogP contribution in [0.5, 0.6) is 0 Å². The number of aromatic nitrogens is 1. The Bertz CT molecular complexity index is 825. The number of rotatable bonds is 8. The van der Waals surface area contributed by atoms with Gasteiger partial charge in [-0.15, -0.1) is 0 Å². The second-order valence-corrected chi connectivity index (χ2v) is 5.51. The predicted molar refractivity (Wildman–Crippen MR) is 90.2 cm³/mol. The Balaban J connectivity index is 1.92. The summed E-state index contributed by atoms with van der Waals surface area (Å²) in [5.41, 5.74) is 1.46. The molecular weight excluding hydrogens is 326 g/mol. The Morgan fingerprint density at radius 1 is 1.04 bits per heavy atom. The van der Waals surface area contributed by atoms with Gasteiger partial charge in [0, 0.05) is 35.6 Å². The number of carbonyl (C=O) groups excluding carboxylic acids is 3. The first kappa shape index (κ1) is 18.2. The monoisotopic (exact) mass is 345 g/mol. The molecule has 8 nitrogen and oxygen atoms in total. The fraction of sp³-hybridized carbons (Fsp3) is 0.294. The number of hydrogen-bond donors (Lipinski definition) is 3. The van der Waals surface area contributed by atoms with Gasteiger partial charge in [-0.25, -0.2) is 0 Å². The number of para-hydroxylation sites is 1. The number of nitrogens with zero attached hydrogens (tertiary/aromatic N) is 1. The van der Waals surface area contributed by atoms with Crippen LogP contribution in [0.15, 0.2) is 30.5 Å². The summed E-state index contributed by atoms with van der Waals surface area (Å²) in [6.07, 6.45) is 1.85. The Morgan fingerprint density at radius 2 is 1.72 bits per heavy atom. The number of ketones is 1. The van der Waals surface area contributed by atoms with Crippen molar-refractivity contribution in [3.8, 4) is 0 Å². The molecule has 132 valence electrons. The molecule has 2 aromatic rings. The van der Waals surface area contributed by atoms with Gasteiger partial charge in [0.25, 0.3) is 0 Å². The first-order chi connectivity index (χ1) is 11.9. The quantitative estimate of drug-likeness (QED) is 0.604. The van der Waals surface area contributed by atoms with Crippen LogP contribution >= 0.6 is 0 Å². The van der Waals surface area contributed by atoms with Crippen molar-refractivity contribution >= 4 is 34.5 Å². The molecule has 0 aliphatic heterocycles. The maximum atomic E-state index is 11.8. The Kier molecular flexibility index (Phi) is 5.89. The minimum Gasteiger partial charge on any atom is -0.480 e. The fourth-order valence-electron chi connectivity index (χ4n) is 2.44. The van der Waals surface area contributed by atoms with E-state index in [4.69, 9.17) is 5.11 Å². The van der Waals surface area contributed by atoms with Crippen LogP contribution in [-0.2, 0) is 20.9 Å². The first-order valence-electron chi connectivity index (χ1n) is 7.72. The van der Waals surface area contributed by atoms with Crippen molar-refractivity contribution in [2.24, 2.45) is 0 Å². The summed E-state index contributed by atoms with van der Waals surface area (Å²) >= 11 is 0. The second kappa shape index (κ2) is 8.09. The number of aliphatic carboxylic acids is 1. The molecule has 2 rings (SSSR count). The predicted octanol–water partition coefficient (Wildman–Crippen LogP) is 0.551. The molecule has 0 fully saturated rings. The van der Waals surface area contributed by atoms with Gasteiger partial charge < -0.3 is 20.3 Å². The topological polar surface area (TPSA) is 118 Å². The highest BCUT2D eigenvalue weighted by molar-refractivity contribution is 6.07. The van der Waals surface area contributed by atoms with Crippen LogP contribution in [0.3, 0.4) is 0 Å². The van der Waals surface area contributed by atoms with Gasteiger partial charge in [0.15, 0.2) is 5.78 Å². The molecule has 8 heteroatoms. The standard InChI is InChI=1S/C17H19N3O5/c1-11(21)13-10-20(14-5-3-2-4-12(13)14)7-6-15(22)18-8-16(23)19-9-17(24)25/h2-5,10H,6-9H2,1H3,(H,18,22)(H,19,23)(H,24,25). The van der Waals surface area contributed by atoms with Crippen LogP contribution in [0.1, 0.15) is 23.7 Å². The van der Waals surface area contributed by atoms with Crippen molar-refractivity contribution in [2.75, 3.05) is 13.1 Å². The average molecular weight is 345 g/mol. The van der Waals surface area contributed by atoms with Crippen molar-refractivity contribution in [1.82, 2.24) is 15.2 Å². The van der Waals surface area contributed by atoms with Crippen molar-refractivity contribution < 1.29 is 24.3 Å². The van der Waals surface area contributed by atoms with Crippen LogP contribution in [0.4, 0.5) is 0 Å². The van der Waals surface area contributed by atoms with Gasteiger partial charge in [0.1, 0.15) is 6.54 Å². The summed E-state index contributed by atoms with van der Waals surface area (Å²) in [7, 11) is 0. The van der Waals surface area contributed by atoms with E-state index in [0.29, 0.717) is 12.1 Å². The minimum atomic E-state index is -1.15. The highest BCUT2D eigenvalue weighted by Crippen LogP contribution is 2.22. The van der Waals surface area contributed by atoms with E-state index in [0.717, 1.165) is 10.9 Å². The van der Waals surface area contributed by atoms with Gasteiger partial charge in [-0.3, -0.25) is 19.2 Å². The van der Waals surface area contributed by atoms with E-state index in [9.17, 15) is 19.2 Å². The maximum Gasteiger partial charge on any atom is 0.322 e. The zero-order valence-corrected chi connectivity index (χ0v) is 13.7. The highest BCUT2D eigenvalue weighted by atomic mass is 16.4. The lowest BCUT2D eigenvalue weighted by Gasteiger charge is -2.07. The number of aryl methyl sites for hydroxylation is 1. The number of carboxylic acid groups (broad SMARTS) is 1. The normalized spacial score (nSPS) is 10.4. The SMILES string of the molecule is CC(=O)c1cn(CCC(=O)NCC(=O)NCC(=O)O)c2ccccc12. The molecule has 3 N–H and O–H groups in total. The van der Waals surface area contributed by atoms with Gasteiger partial charge in [-0.1, -0.05) is 18.2 Å². The van der Waals surface area contributed by atoms with E-state index in [1.807, 2.05) is 28.8 Å². The largest absolute Gasteiger partial charge is 0.480 e. The number of carbonyl (C=O) groups is 4. The van der Waals surface area contributed by atoms with Gasteiger partial charge in [-0.2, -0.15) is 0 Å². The minimum absolute atomic E-state index is 0.0468. The molecule has 0 atom stereocenters. The Morgan fingerprint density at radius 3 is 2.40 bits per heavy atom. The summed E-state index contributed by atoms with van der Waals surface area (Å²) in [4.78, 5) is 45.2. The number of nitrogens with one attached hydrogen (secondary N) is 2. The molecule has 0 spiro atoms. The van der Waals surface area contributed by atoms with E-state index in [1.165, 1.54) is 6.92 Å². The van der Waals surface area contributed by atoms with Gasteiger partial charge >= 0.3 is 5.97 Å². The zero-order valence-electron chi connectivity index (χ0n) is 13.7. The molecule has 0 radical (unpaired) electrons. The van der Waals surface area contributed by atoms with Crippen molar-refractivity contribution in [3.05, 3.63) is 36.0 Å². The van der Waals surface area contributed by atoms with Crippen LogP contribution in [0.25, 0.3) is 10.9 Å². The van der Waals surface area contributed by atoms with Crippen LogP contribution in [0, 0.1) is 0 Å². The second-order valence-electron chi connectivity index (χ2n) is 5.51. The summed E-state index contributed by atoms with van der Waals surface area (Å²) < 4.78 is 1.83. The van der Waals surface area contributed by atoms with Crippen LogP contribution in [-0.4, -0.2) is 46.3 Å². The smallest absolute Gasteiger partial charge is 0.322 e. The third-order valence-corrected chi connectivity index (χ3v) is 3.63. The van der Waals surface area contributed by atoms with E-state index in [1.54, 1.807) is 6.20 Å². The lowest BCUT2D eigenvalue weighted by molar-refractivity contribution is -0.137. The molecule has 0 unspecified atom stereocenters. The maximum absolute atomic E-state index is 11.8. The summed E-state index contributed by atoms with van der Waals surface area (Å²) in [6, 6.07) is 7.44. The number of benzene rings is 1. The summed E-state index contributed by atoms with van der Waals surface area (Å²) in [6.45, 7) is 1.08. The molecule has 1 heterocycles. The van der Waals surface area contributed by atoms with E-state index >= 15 is 0 Å². The van der Waals surface area contributed by atoms with Crippen molar-refractivity contribution in [2.45, 2.75) is 19.9 Å². The van der Waals surface area contributed by atoms with Crippen LogP contribution in [0.2, 0.25) is 0 Å². The fourth-order valence-corrected chi connectivity index (χ4v) is 2.44. The number of carboxylic acids is 1. The molecule has 2 amide bonds. The Labute approximate surface area is 143 Å². The lowest BCUT2D eigenvalue weighted by atomic mass is 10.1. The van der Waals surface area contributed by atoms with Gasteiger partial charge in [0.2, 0.25) is 11.8 Å². The van der Waals surface area contributed by atoms with Crippen molar-refractivity contribution in [3.63, 3.8) is 0 Å². The molecule has 0 aliphatic carbocycles. The van der Waals surface area contributed by atoms with Gasteiger partial charge in [0.05, 0.1) is 6.54 Å². The molecule has 1 aromatic heterocycles. The number of fused-ring (bicyclic) bond motifs is 1. The molecule has 0 aliphatic rings. The number of amides is 2. The van der Waals surface area contributed by atoms with E-state index < -0.39 is 18.4 Å². The molecule has 25 heavy (non-hydrogen) atoms. The molecule has 1 aromatic carbocycles. The third kappa shape index (κ3) is 4.90. The third-order valence-electron chi connectivity index (χ3n) is 3.63. The summed E-state index contributed by atoms with van der Waals surface area (Å²) in [5, 5.41) is 13.9. The number of hydrogen-bond acceptors (Lipinski definition) is 4. The average Bonchev–Trinajstić information content (AvgIpc) is 2.95. The van der Waals surface area contributed by atoms with Crippen LogP contribution < -0.4 is 10.6 Å². The Hall–Kier alpha value is -3.16. The van der Waals surface area contributed by atoms with E-state index in [-0.39, 0.29) is 24.7 Å². The zero-order chi connectivity index (χ0) is 18.4. The summed E-state index contributed by atoms with van der Waals surface area (Å²) in [5.74, 6) is -2.11. The van der Waals surface area contributed by atoms with Gasteiger partial charge in [-0.05, 0) is 13.0 Å². The van der Waals surface area contributed by atoms with Crippen molar-refractivity contribution in [1.29, 1.82) is 0 Å². The molecule has 0 saturated heterocycles. The van der Waals surface area contributed by atoms with E-state index in [2.05, 4.69) is 10.6 Å². The highest BCUT2D eigenvalue weighted by Gasteiger charge is 2.12. The first-order valence-corrected chi connectivity index (χ1v) is 7.72. The lowest BCUT2D eigenvalue weighted by Crippen LogP contribution is -2.39. The molecule has 0 saturated carbocycles. The molecule has 0 bridgehead atoms.